The van der Waals surface area contributed by atoms with Gasteiger partial charge in [-0.25, -0.2) is 17.8 Å². The van der Waals surface area contributed by atoms with Crippen LogP contribution in [0.4, 0.5) is 4.39 Å². The van der Waals surface area contributed by atoms with Crippen molar-refractivity contribution in [1.82, 2.24) is 14.3 Å². The maximum atomic E-state index is 13.9. The average molecular weight is 541 g/mol. The van der Waals surface area contributed by atoms with Crippen molar-refractivity contribution in [3.63, 3.8) is 0 Å². The molecule has 1 unspecified atom stereocenters. The van der Waals surface area contributed by atoms with Crippen LogP contribution < -0.4 is 0 Å². The predicted molar refractivity (Wildman–Crippen MR) is 123 cm³/mol. The highest BCUT2D eigenvalue weighted by Crippen LogP contribution is 2.53. The standard InChI is InChI=1S/C22H20BrClFN3O3S/c23-15-3-1-13(9-17(15)25)18-11-26-21(27-18)14-2-4-16(24)19(10-14)32(30,31)28-8-5-20(29)22(12-28)6-7-22/h1-4,9-11,20,29H,5-8,12H2,(H,26,27). The largest absolute Gasteiger partial charge is 0.392 e. The smallest absolute Gasteiger partial charge is 0.244 e. The Bertz CT molecular complexity index is 1310. The van der Waals surface area contributed by atoms with Gasteiger partial charge in [0.2, 0.25) is 10.0 Å². The number of nitrogens with zero attached hydrogens (tertiary/aromatic N) is 2. The molecule has 1 aliphatic heterocycles. The van der Waals surface area contributed by atoms with Gasteiger partial charge in [0, 0.05) is 29.6 Å². The zero-order valence-corrected chi connectivity index (χ0v) is 20.0. The molecule has 10 heteroatoms. The van der Waals surface area contributed by atoms with E-state index in [1.165, 1.54) is 22.5 Å². The van der Waals surface area contributed by atoms with Gasteiger partial charge in [-0.3, -0.25) is 0 Å². The summed E-state index contributed by atoms with van der Waals surface area (Å²) in [5.74, 6) is 0.0581. The summed E-state index contributed by atoms with van der Waals surface area (Å²) in [6.07, 6.45) is 3.20. The van der Waals surface area contributed by atoms with Gasteiger partial charge in [0.15, 0.2) is 0 Å². The number of sulfonamides is 1. The number of piperidine rings is 1. The number of nitrogens with one attached hydrogen (secondary N) is 1. The molecule has 0 amide bonds. The number of H-pyrrole nitrogens is 1. The van der Waals surface area contributed by atoms with Gasteiger partial charge < -0.3 is 10.1 Å². The third kappa shape index (κ3) is 3.80. The Labute approximate surface area is 198 Å². The van der Waals surface area contributed by atoms with E-state index in [-0.39, 0.29) is 21.9 Å². The first-order chi connectivity index (χ1) is 15.2. The molecule has 2 N–H and O–H groups in total. The van der Waals surface area contributed by atoms with Gasteiger partial charge in [-0.15, -0.1) is 0 Å². The topological polar surface area (TPSA) is 86.3 Å². The molecule has 168 valence electrons. The fraction of sp³-hybridized carbons (Fsp3) is 0.318. The molecule has 2 heterocycles. The third-order valence-electron chi connectivity index (χ3n) is 6.37. The number of aromatic nitrogens is 2. The number of imidazole rings is 1. The Kier molecular flexibility index (Phi) is 5.45. The van der Waals surface area contributed by atoms with E-state index >= 15 is 0 Å². The molecular weight excluding hydrogens is 521 g/mol. The first kappa shape index (κ1) is 22.0. The lowest BCUT2D eigenvalue weighted by Crippen LogP contribution is -2.47. The highest BCUT2D eigenvalue weighted by molar-refractivity contribution is 9.10. The molecule has 1 aromatic heterocycles. The van der Waals surface area contributed by atoms with Gasteiger partial charge in [0.1, 0.15) is 16.5 Å². The van der Waals surface area contributed by atoms with E-state index in [0.717, 1.165) is 12.8 Å². The lowest BCUT2D eigenvalue weighted by Gasteiger charge is -2.35. The summed E-state index contributed by atoms with van der Waals surface area (Å²) < 4.78 is 42.5. The van der Waals surface area contributed by atoms with Crippen LogP contribution in [-0.4, -0.2) is 47.0 Å². The molecular formula is C22H20BrClFN3O3S. The van der Waals surface area contributed by atoms with Crippen molar-refractivity contribution in [3.05, 3.63) is 57.9 Å². The number of aromatic amines is 1. The fourth-order valence-electron chi connectivity index (χ4n) is 4.23. The van der Waals surface area contributed by atoms with E-state index in [0.29, 0.717) is 40.1 Å². The number of hydrogen-bond acceptors (Lipinski definition) is 4. The normalized spacial score (nSPS) is 20.6. The summed E-state index contributed by atoms with van der Waals surface area (Å²) in [6.45, 7) is 0.558. The summed E-state index contributed by atoms with van der Waals surface area (Å²) in [5.41, 5.74) is 1.46. The average Bonchev–Trinajstić information content (AvgIpc) is 3.36. The maximum Gasteiger partial charge on any atom is 0.244 e. The SMILES string of the molecule is O=S(=O)(c1cc(-c2ncc(-c3ccc(Br)c(F)c3)[nH]2)ccc1Cl)N1CCC(O)C2(CC2)C1. The van der Waals surface area contributed by atoms with Crippen LogP contribution in [0.15, 0.2) is 52.0 Å². The van der Waals surface area contributed by atoms with Gasteiger partial charge >= 0.3 is 0 Å². The molecule has 0 radical (unpaired) electrons. The van der Waals surface area contributed by atoms with E-state index in [1.807, 2.05) is 0 Å². The molecule has 1 spiro atoms. The number of halogens is 3. The maximum absolute atomic E-state index is 13.9. The molecule has 1 saturated carbocycles. The van der Waals surface area contributed by atoms with E-state index in [1.54, 1.807) is 24.4 Å². The second-order valence-corrected chi connectivity index (χ2v) is 11.6. The van der Waals surface area contributed by atoms with Crippen LogP contribution >= 0.6 is 27.5 Å². The van der Waals surface area contributed by atoms with Crippen LogP contribution in [-0.2, 0) is 10.0 Å². The molecule has 2 aromatic carbocycles. The van der Waals surface area contributed by atoms with Crippen molar-refractivity contribution in [2.24, 2.45) is 5.41 Å². The van der Waals surface area contributed by atoms with Crippen molar-refractivity contribution < 1.29 is 17.9 Å². The monoisotopic (exact) mass is 539 g/mol. The van der Waals surface area contributed by atoms with Gasteiger partial charge in [-0.2, -0.15) is 4.31 Å². The lowest BCUT2D eigenvalue weighted by molar-refractivity contribution is 0.0388. The van der Waals surface area contributed by atoms with Crippen LogP contribution in [0.25, 0.3) is 22.6 Å². The van der Waals surface area contributed by atoms with E-state index in [2.05, 4.69) is 25.9 Å². The Balaban J connectivity index is 1.47. The molecule has 5 rings (SSSR count). The van der Waals surface area contributed by atoms with Crippen molar-refractivity contribution in [2.45, 2.75) is 30.3 Å². The number of benzene rings is 2. The summed E-state index contributed by atoms with van der Waals surface area (Å²) in [7, 11) is -3.84. The summed E-state index contributed by atoms with van der Waals surface area (Å²) >= 11 is 9.44. The second-order valence-electron chi connectivity index (χ2n) is 8.43. The highest BCUT2D eigenvalue weighted by Gasteiger charge is 2.54. The van der Waals surface area contributed by atoms with Crippen molar-refractivity contribution in [2.75, 3.05) is 13.1 Å². The quantitative estimate of drug-likeness (QED) is 0.496. The number of aliphatic hydroxyl groups is 1. The molecule has 1 atom stereocenters. The molecule has 3 aromatic rings. The summed E-state index contributed by atoms with van der Waals surface area (Å²) in [6, 6.07) is 9.48. The first-order valence-corrected chi connectivity index (χ1v) is 12.8. The van der Waals surface area contributed by atoms with Crippen LogP contribution in [0.5, 0.6) is 0 Å². The van der Waals surface area contributed by atoms with Gasteiger partial charge in [0.25, 0.3) is 0 Å². The number of aliphatic hydroxyl groups excluding tert-OH is 1. The molecule has 1 aliphatic carbocycles. The summed E-state index contributed by atoms with van der Waals surface area (Å²) in [4.78, 5) is 7.48. The minimum atomic E-state index is -3.84. The molecule has 0 bridgehead atoms. The zero-order valence-electron chi connectivity index (χ0n) is 16.9. The van der Waals surface area contributed by atoms with Crippen LogP contribution in [0.3, 0.4) is 0 Å². The fourth-order valence-corrected chi connectivity index (χ4v) is 6.53. The predicted octanol–water partition coefficient (Wildman–Crippen LogP) is 4.83. The number of hydrogen-bond donors (Lipinski definition) is 2. The Hall–Kier alpha value is -1.78. The van der Waals surface area contributed by atoms with E-state index in [9.17, 15) is 17.9 Å². The third-order valence-corrected chi connectivity index (χ3v) is 9.34. The van der Waals surface area contributed by atoms with Crippen molar-refractivity contribution in [3.8, 4) is 22.6 Å². The molecule has 2 fully saturated rings. The first-order valence-electron chi connectivity index (χ1n) is 10.2. The Morgan fingerprint density at radius 2 is 1.97 bits per heavy atom. The summed E-state index contributed by atoms with van der Waals surface area (Å²) in [5, 5.41) is 10.4. The second kappa shape index (κ2) is 7.92. The Morgan fingerprint density at radius 1 is 1.22 bits per heavy atom. The van der Waals surface area contributed by atoms with E-state index in [4.69, 9.17) is 11.6 Å². The highest BCUT2D eigenvalue weighted by atomic mass is 79.9. The van der Waals surface area contributed by atoms with Crippen LogP contribution in [0.2, 0.25) is 5.02 Å². The van der Waals surface area contributed by atoms with Gasteiger partial charge in [-0.1, -0.05) is 17.7 Å². The Morgan fingerprint density at radius 3 is 2.69 bits per heavy atom. The van der Waals surface area contributed by atoms with Crippen LogP contribution in [0.1, 0.15) is 19.3 Å². The molecule has 2 aliphatic rings. The number of rotatable bonds is 4. The minimum Gasteiger partial charge on any atom is -0.392 e. The van der Waals surface area contributed by atoms with Crippen LogP contribution in [0, 0.1) is 11.2 Å². The van der Waals surface area contributed by atoms with E-state index < -0.39 is 21.9 Å². The zero-order chi connectivity index (χ0) is 22.7. The molecule has 6 nitrogen and oxygen atoms in total. The van der Waals surface area contributed by atoms with Gasteiger partial charge in [-0.05, 0) is 65.5 Å². The molecule has 1 saturated heterocycles. The van der Waals surface area contributed by atoms with Crippen molar-refractivity contribution in [1.29, 1.82) is 0 Å². The minimum absolute atomic E-state index is 0.0106. The molecule has 32 heavy (non-hydrogen) atoms. The lowest BCUT2D eigenvalue weighted by atomic mass is 9.93. The van der Waals surface area contributed by atoms with Gasteiger partial charge in [0.05, 0.1) is 27.5 Å². The van der Waals surface area contributed by atoms with Crippen molar-refractivity contribution >= 4 is 37.6 Å².